The Labute approximate surface area is 293 Å². The van der Waals surface area contributed by atoms with Gasteiger partial charge in [-0.15, -0.1) is 11.8 Å². The molecule has 0 spiro atoms. The summed E-state index contributed by atoms with van der Waals surface area (Å²) in [6, 6.07) is 39.8. The first kappa shape index (κ1) is 33.8. The summed E-state index contributed by atoms with van der Waals surface area (Å²) in [5.74, 6) is -5.59. The molecule has 0 aliphatic carbocycles. The molecule has 9 heteroatoms. The van der Waals surface area contributed by atoms with Gasteiger partial charge in [0, 0.05) is 34.9 Å². The Morgan fingerprint density at radius 3 is 1.19 bits per heavy atom. The highest BCUT2D eigenvalue weighted by Gasteiger charge is 2.24. The molecule has 0 radical (unpaired) electrons. The minimum atomic E-state index is -1.40. The molecular weight excluding hydrogens is 687 g/mol. The Hall–Kier alpha value is -4.07. The van der Waals surface area contributed by atoms with Gasteiger partial charge in [0.05, 0.1) is 10.5 Å². The third kappa shape index (κ3) is 7.32. The fourth-order valence-electron chi connectivity index (χ4n) is 4.90. The second-order valence-corrected chi connectivity index (χ2v) is 14.8. The lowest BCUT2D eigenvalue weighted by Gasteiger charge is -2.11. The average Bonchev–Trinajstić information content (AvgIpc) is 3.13. The van der Waals surface area contributed by atoms with Crippen molar-refractivity contribution in [1.82, 2.24) is 0 Å². The van der Waals surface area contributed by atoms with Crippen molar-refractivity contribution < 1.29 is 17.6 Å². The fraction of sp³-hybridized carbons (Fsp3) is 0.0513. The maximum absolute atomic E-state index is 14.4. The van der Waals surface area contributed by atoms with Crippen molar-refractivity contribution >= 4 is 47.0 Å². The van der Waals surface area contributed by atoms with Crippen molar-refractivity contribution in [3.63, 3.8) is 0 Å². The molecule has 0 bridgehead atoms. The lowest BCUT2D eigenvalue weighted by atomic mass is 10.1. The van der Waals surface area contributed by atoms with E-state index in [1.54, 1.807) is 47.8 Å². The van der Waals surface area contributed by atoms with E-state index in [1.807, 2.05) is 42.5 Å². The van der Waals surface area contributed by atoms with E-state index >= 15 is 0 Å². The number of thioether (sulfide) groups is 1. The average molecular weight is 712 g/mol. The lowest BCUT2D eigenvalue weighted by Crippen LogP contribution is -2.02. The highest BCUT2D eigenvalue weighted by molar-refractivity contribution is 8.00. The molecule has 0 unspecified atom stereocenters. The Bertz CT molecular complexity index is 2100. The maximum Gasteiger partial charge on any atom is 0.176 e. The SMILES string of the molecule is CSc1ccc(-c2ccc(Sc3cccc(Sc4ccc(-c5ccc(Sc6c(F)c(F)c(C)c(F)c6F)cc5)cc4)c3C#N)cc2)cc1. The number of halogens is 4. The summed E-state index contributed by atoms with van der Waals surface area (Å²) in [6.07, 6.45) is 2.06. The molecule has 0 N–H and O–H groups in total. The normalized spacial score (nSPS) is 11.0. The molecule has 0 saturated heterocycles. The molecule has 6 aromatic rings. The van der Waals surface area contributed by atoms with Crippen LogP contribution >= 0.6 is 47.0 Å². The van der Waals surface area contributed by atoms with Crippen LogP contribution in [0.4, 0.5) is 17.6 Å². The molecule has 0 amide bonds. The number of rotatable bonds is 9. The number of nitrogens with zero attached hydrogens (tertiary/aromatic N) is 1. The molecule has 48 heavy (non-hydrogen) atoms. The molecule has 0 saturated carbocycles. The van der Waals surface area contributed by atoms with Crippen LogP contribution in [0.15, 0.2) is 150 Å². The van der Waals surface area contributed by atoms with Crippen LogP contribution in [-0.4, -0.2) is 6.26 Å². The largest absolute Gasteiger partial charge is 0.203 e. The second kappa shape index (κ2) is 15.0. The molecule has 6 aromatic carbocycles. The maximum atomic E-state index is 14.4. The highest BCUT2D eigenvalue weighted by Crippen LogP contribution is 2.40. The highest BCUT2D eigenvalue weighted by atomic mass is 32.2. The number of hydrogen-bond donors (Lipinski definition) is 0. The van der Waals surface area contributed by atoms with Crippen LogP contribution < -0.4 is 0 Å². The summed E-state index contributed by atoms with van der Waals surface area (Å²) in [5.41, 5.74) is 3.99. The third-order valence-electron chi connectivity index (χ3n) is 7.54. The molecular formula is C39H25F4NS4. The zero-order valence-electron chi connectivity index (χ0n) is 25.6. The lowest BCUT2D eigenvalue weighted by molar-refractivity contribution is 0.418. The van der Waals surface area contributed by atoms with Crippen LogP contribution in [0.3, 0.4) is 0 Å². The molecule has 0 aliphatic rings. The van der Waals surface area contributed by atoms with Gasteiger partial charge in [0.25, 0.3) is 0 Å². The van der Waals surface area contributed by atoms with E-state index in [4.69, 9.17) is 0 Å². The summed E-state index contributed by atoms with van der Waals surface area (Å²) in [7, 11) is 0. The van der Waals surface area contributed by atoms with Crippen LogP contribution in [0.25, 0.3) is 22.3 Å². The standard InChI is InChI=1S/C39H25F4NS4/c1-23-35(40)37(42)39(38(43)36(23)41)48-31-20-12-27(13-21-31)26-10-18-30(19-11-26)47-34-5-3-4-33(32(34)22-44)46-29-16-8-25(9-17-29)24-6-14-28(45-2)15-7-24/h3-21H,1-2H3. The van der Waals surface area contributed by atoms with Crippen molar-refractivity contribution in [2.75, 3.05) is 6.26 Å². The minimum Gasteiger partial charge on any atom is -0.203 e. The van der Waals surface area contributed by atoms with Gasteiger partial charge in [0.1, 0.15) is 6.07 Å². The number of nitriles is 1. The van der Waals surface area contributed by atoms with Gasteiger partial charge in [-0.05, 0) is 96.1 Å². The monoisotopic (exact) mass is 711 g/mol. The van der Waals surface area contributed by atoms with E-state index in [0.29, 0.717) is 22.2 Å². The molecule has 6 rings (SSSR count). The minimum absolute atomic E-state index is 0.435. The molecule has 0 heterocycles. The van der Waals surface area contributed by atoms with E-state index in [1.165, 1.54) is 16.7 Å². The van der Waals surface area contributed by atoms with E-state index in [0.717, 1.165) is 48.8 Å². The quantitative estimate of drug-likeness (QED) is 0.0844. The van der Waals surface area contributed by atoms with Gasteiger partial charge in [0.2, 0.25) is 0 Å². The molecule has 0 aromatic heterocycles. The number of benzene rings is 6. The van der Waals surface area contributed by atoms with Gasteiger partial charge in [-0.1, -0.05) is 89.9 Å². The van der Waals surface area contributed by atoms with Crippen LogP contribution in [0.1, 0.15) is 11.1 Å². The van der Waals surface area contributed by atoms with Gasteiger partial charge in [-0.2, -0.15) is 5.26 Å². The summed E-state index contributed by atoms with van der Waals surface area (Å²) in [5, 5.41) is 10.1. The van der Waals surface area contributed by atoms with Crippen molar-refractivity contribution in [3.05, 3.63) is 150 Å². The summed E-state index contributed by atoms with van der Waals surface area (Å²) in [6.45, 7) is 0.996. The van der Waals surface area contributed by atoms with E-state index < -0.39 is 33.7 Å². The van der Waals surface area contributed by atoms with Crippen LogP contribution in [0, 0.1) is 41.5 Å². The van der Waals surface area contributed by atoms with E-state index in [2.05, 4.69) is 60.9 Å². The van der Waals surface area contributed by atoms with Crippen molar-refractivity contribution in [2.45, 2.75) is 41.2 Å². The second-order valence-electron chi connectivity index (χ2n) is 10.6. The third-order valence-corrected chi connectivity index (χ3v) is 11.5. The fourth-order valence-corrected chi connectivity index (χ4v) is 8.10. The van der Waals surface area contributed by atoms with Gasteiger partial charge in [0.15, 0.2) is 23.3 Å². The smallest absolute Gasteiger partial charge is 0.176 e. The summed E-state index contributed by atoms with van der Waals surface area (Å²) in [4.78, 5) is 4.68. The molecule has 0 fully saturated rings. The first-order valence-electron chi connectivity index (χ1n) is 14.6. The Morgan fingerprint density at radius 1 is 0.479 bits per heavy atom. The van der Waals surface area contributed by atoms with E-state index in [9.17, 15) is 22.8 Å². The Morgan fingerprint density at radius 2 is 0.833 bits per heavy atom. The Kier molecular flexibility index (Phi) is 10.6. The molecule has 1 nitrogen and oxygen atoms in total. The van der Waals surface area contributed by atoms with Gasteiger partial charge in [-0.3, -0.25) is 0 Å². The number of hydrogen-bond acceptors (Lipinski definition) is 5. The zero-order chi connectivity index (χ0) is 33.8. The van der Waals surface area contributed by atoms with Gasteiger partial charge in [-0.25, -0.2) is 17.6 Å². The first-order chi connectivity index (χ1) is 23.2. The molecule has 0 aliphatic heterocycles. The Balaban J connectivity index is 1.14. The van der Waals surface area contributed by atoms with Gasteiger partial charge >= 0.3 is 0 Å². The molecule has 238 valence electrons. The van der Waals surface area contributed by atoms with Crippen molar-refractivity contribution in [1.29, 1.82) is 5.26 Å². The van der Waals surface area contributed by atoms with Gasteiger partial charge < -0.3 is 0 Å². The van der Waals surface area contributed by atoms with Crippen LogP contribution in [0.5, 0.6) is 0 Å². The van der Waals surface area contributed by atoms with Crippen LogP contribution in [-0.2, 0) is 0 Å². The summed E-state index contributed by atoms with van der Waals surface area (Å²) >= 11 is 5.41. The predicted molar refractivity (Wildman–Crippen MR) is 190 cm³/mol. The topological polar surface area (TPSA) is 23.8 Å². The summed E-state index contributed by atoms with van der Waals surface area (Å²) < 4.78 is 56.7. The zero-order valence-corrected chi connectivity index (χ0v) is 28.8. The van der Waals surface area contributed by atoms with E-state index in [-0.39, 0.29) is 0 Å². The first-order valence-corrected chi connectivity index (χ1v) is 18.3. The molecule has 0 atom stereocenters. The predicted octanol–water partition coefficient (Wildman–Crippen LogP) is 12.9. The van der Waals surface area contributed by atoms with Crippen molar-refractivity contribution in [2.24, 2.45) is 0 Å². The van der Waals surface area contributed by atoms with Crippen LogP contribution in [0.2, 0.25) is 0 Å². The van der Waals surface area contributed by atoms with Crippen molar-refractivity contribution in [3.8, 4) is 28.3 Å².